The number of hydrogen-bond acceptors (Lipinski definition) is 4. The van der Waals surface area contributed by atoms with Gasteiger partial charge in [-0.05, 0) is 42.7 Å². The van der Waals surface area contributed by atoms with Crippen LogP contribution in [0.2, 0.25) is 0 Å². The molecule has 6 heteroatoms. The third kappa shape index (κ3) is 4.53. The Morgan fingerprint density at radius 1 is 1.22 bits per heavy atom. The van der Waals surface area contributed by atoms with Crippen molar-refractivity contribution >= 4 is 11.6 Å². The number of aryl methyl sites for hydroxylation is 1. The Kier molecular flexibility index (Phi) is 5.54. The van der Waals surface area contributed by atoms with E-state index in [4.69, 9.17) is 9.26 Å². The molecule has 0 saturated heterocycles. The van der Waals surface area contributed by atoms with E-state index < -0.39 is 5.82 Å². The first-order valence-electron chi connectivity index (χ1n) is 8.69. The van der Waals surface area contributed by atoms with Crippen LogP contribution in [-0.2, 0) is 6.61 Å². The number of halogens is 1. The average Bonchev–Trinajstić information content (AvgIpc) is 3.01. The first-order chi connectivity index (χ1) is 12.9. The van der Waals surface area contributed by atoms with Gasteiger partial charge in [-0.3, -0.25) is 4.79 Å². The van der Waals surface area contributed by atoms with Crippen LogP contribution in [0.25, 0.3) is 0 Å². The maximum Gasteiger partial charge on any atom is 0.278 e. The van der Waals surface area contributed by atoms with Gasteiger partial charge in [-0.1, -0.05) is 37.2 Å². The largest absolute Gasteiger partial charge is 0.489 e. The minimum Gasteiger partial charge on any atom is -0.489 e. The summed E-state index contributed by atoms with van der Waals surface area (Å²) in [5.41, 5.74) is 2.53. The number of anilines is 1. The lowest BCUT2D eigenvalue weighted by Gasteiger charge is -2.09. The maximum atomic E-state index is 13.3. The number of ether oxygens (including phenoxy) is 1. The molecule has 0 bridgehead atoms. The molecule has 0 atom stereocenters. The number of nitrogens with one attached hydrogen (secondary N) is 1. The van der Waals surface area contributed by atoms with Crippen molar-refractivity contribution in [1.29, 1.82) is 0 Å². The molecule has 0 aliphatic carbocycles. The van der Waals surface area contributed by atoms with Gasteiger partial charge in [0.15, 0.2) is 5.69 Å². The average molecular weight is 368 g/mol. The highest BCUT2D eigenvalue weighted by Gasteiger charge is 2.20. The van der Waals surface area contributed by atoms with Crippen LogP contribution in [0.15, 0.2) is 53.1 Å². The molecule has 3 aromatic rings. The summed E-state index contributed by atoms with van der Waals surface area (Å²) in [6.45, 7) is 5.96. The summed E-state index contributed by atoms with van der Waals surface area (Å²) in [4.78, 5) is 12.6. The molecule has 0 unspecified atom stereocenters. The lowest BCUT2D eigenvalue weighted by molar-refractivity contribution is 0.101. The van der Waals surface area contributed by atoms with Crippen LogP contribution >= 0.6 is 0 Å². The Morgan fingerprint density at radius 2 is 1.96 bits per heavy atom. The van der Waals surface area contributed by atoms with Crippen molar-refractivity contribution < 1.29 is 18.4 Å². The van der Waals surface area contributed by atoms with Gasteiger partial charge < -0.3 is 14.6 Å². The molecule has 1 heterocycles. The van der Waals surface area contributed by atoms with Crippen molar-refractivity contribution in [2.45, 2.75) is 33.3 Å². The third-order valence-corrected chi connectivity index (χ3v) is 4.21. The molecule has 0 saturated carbocycles. The molecule has 27 heavy (non-hydrogen) atoms. The molecular formula is C21H21FN2O3. The van der Waals surface area contributed by atoms with Gasteiger partial charge in [0.1, 0.15) is 23.9 Å². The molecule has 0 aliphatic heterocycles. The maximum absolute atomic E-state index is 13.3. The van der Waals surface area contributed by atoms with Crippen LogP contribution in [0.3, 0.4) is 0 Å². The van der Waals surface area contributed by atoms with Gasteiger partial charge in [-0.15, -0.1) is 0 Å². The highest BCUT2D eigenvalue weighted by Crippen LogP contribution is 2.21. The van der Waals surface area contributed by atoms with Crippen LogP contribution in [0, 0.1) is 12.7 Å². The lowest BCUT2D eigenvalue weighted by Crippen LogP contribution is -2.15. The smallest absolute Gasteiger partial charge is 0.278 e. The van der Waals surface area contributed by atoms with Crippen LogP contribution in [0.4, 0.5) is 10.1 Å². The summed E-state index contributed by atoms with van der Waals surface area (Å²) in [6.07, 6.45) is 0. The highest BCUT2D eigenvalue weighted by molar-refractivity contribution is 6.03. The molecule has 0 radical (unpaired) electrons. The number of carbonyl (C=O) groups is 1. The third-order valence-electron chi connectivity index (χ3n) is 4.21. The molecule has 0 fully saturated rings. The number of aromatic nitrogens is 1. The SMILES string of the molecule is Cc1onc(C(=O)Nc2ccc(C(C)C)cc2)c1COc1cccc(F)c1. The lowest BCUT2D eigenvalue weighted by atomic mass is 10.0. The molecule has 140 valence electrons. The van der Waals surface area contributed by atoms with Gasteiger partial charge in [-0.25, -0.2) is 4.39 Å². The van der Waals surface area contributed by atoms with Crippen LogP contribution in [-0.4, -0.2) is 11.1 Å². The van der Waals surface area contributed by atoms with Crippen LogP contribution in [0.5, 0.6) is 5.75 Å². The molecule has 1 aromatic heterocycles. The Labute approximate surface area is 157 Å². The van der Waals surface area contributed by atoms with E-state index in [1.165, 1.54) is 17.7 Å². The number of rotatable bonds is 6. The predicted molar refractivity (Wildman–Crippen MR) is 100 cm³/mol. The highest BCUT2D eigenvalue weighted by atomic mass is 19.1. The van der Waals surface area contributed by atoms with Crippen molar-refractivity contribution in [2.75, 3.05) is 5.32 Å². The molecule has 3 rings (SSSR count). The minimum atomic E-state index is -0.391. The molecule has 1 amide bonds. The van der Waals surface area contributed by atoms with Gasteiger partial charge in [0.2, 0.25) is 0 Å². The van der Waals surface area contributed by atoms with Crippen molar-refractivity contribution in [3.8, 4) is 5.75 Å². The Hall–Kier alpha value is -3.15. The Bertz CT molecular complexity index is 933. The summed E-state index contributed by atoms with van der Waals surface area (Å²) >= 11 is 0. The molecule has 0 aliphatic rings. The van der Waals surface area contributed by atoms with Gasteiger partial charge in [0, 0.05) is 11.8 Å². The van der Waals surface area contributed by atoms with Gasteiger partial charge in [0.05, 0.1) is 5.56 Å². The number of carbonyl (C=O) groups excluding carboxylic acids is 1. The van der Waals surface area contributed by atoms with Crippen molar-refractivity contribution in [2.24, 2.45) is 0 Å². The summed E-state index contributed by atoms with van der Waals surface area (Å²) in [5, 5.41) is 6.65. The molecule has 5 nitrogen and oxygen atoms in total. The fourth-order valence-corrected chi connectivity index (χ4v) is 2.59. The van der Waals surface area contributed by atoms with Crippen molar-refractivity contribution in [3.05, 3.63) is 76.9 Å². The second-order valence-electron chi connectivity index (χ2n) is 6.54. The monoisotopic (exact) mass is 368 g/mol. The van der Waals surface area contributed by atoms with Crippen molar-refractivity contribution in [1.82, 2.24) is 5.16 Å². The second kappa shape index (κ2) is 8.03. The van der Waals surface area contributed by atoms with Gasteiger partial charge in [0.25, 0.3) is 5.91 Å². The van der Waals surface area contributed by atoms with E-state index in [0.717, 1.165) is 0 Å². The van der Waals surface area contributed by atoms with E-state index in [1.807, 2.05) is 24.3 Å². The van der Waals surface area contributed by atoms with E-state index in [2.05, 4.69) is 24.3 Å². The fourth-order valence-electron chi connectivity index (χ4n) is 2.59. The van der Waals surface area contributed by atoms with E-state index in [1.54, 1.807) is 19.1 Å². The number of amides is 1. The summed E-state index contributed by atoms with van der Waals surface area (Å²) in [7, 11) is 0. The van der Waals surface area contributed by atoms with Crippen LogP contribution < -0.4 is 10.1 Å². The number of nitrogens with zero attached hydrogens (tertiary/aromatic N) is 1. The number of hydrogen-bond donors (Lipinski definition) is 1. The first kappa shape index (κ1) is 18.6. The normalized spacial score (nSPS) is 10.9. The van der Waals surface area contributed by atoms with Crippen molar-refractivity contribution in [3.63, 3.8) is 0 Å². The summed E-state index contributed by atoms with van der Waals surface area (Å²) in [6, 6.07) is 13.5. The zero-order valence-electron chi connectivity index (χ0n) is 15.5. The number of benzene rings is 2. The standard InChI is InChI=1S/C21H21FN2O3/c1-13(2)15-7-9-17(10-8-15)23-21(25)20-19(14(3)27-24-20)12-26-18-6-4-5-16(22)11-18/h4-11,13H,12H2,1-3H3,(H,23,25). The Morgan fingerprint density at radius 3 is 2.63 bits per heavy atom. The van der Waals surface area contributed by atoms with Gasteiger partial charge >= 0.3 is 0 Å². The minimum absolute atomic E-state index is 0.0494. The van der Waals surface area contributed by atoms with E-state index >= 15 is 0 Å². The van der Waals surface area contributed by atoms with E-state index in [-0.39, 0.29) is 18.2 Å². The van der Waals surface area contributed by atoms with Crippen LogP contribution in [0.1, 0.15) is 47.1 Å². The van der Waals surface area contributed by atoms with E-state index in [9.17, 15) is 9.18 Å². The van der Waals surface area contributed by atoms with E-state index in [0.29, 0.717) is 28.7 Å². The predicted octanol–water partition coefficient (Wildman–Crippen LogP) is 5.08. The fraction of sp³-hybridized carbons (Fsp3) is 0.238. The quantitative estimate of drug-likeness (QED) is 0.659. The zero-order chi connectivity index (χ0) is 19.4. The Balaban J connectivity index is 1.72. The first-order valence-corrected chi connectivity index (χ1v) is 8.69. The molecule has 2 aromatic carbocycles. The molecule has 0 spiro atoms. The summed E-state index contributed by atoms with van der Waals surface area (Å²) in [5.74, 6) is 0.483. The second-order valence-corrected chi connectivity index (χ2v) is 6.54. The topological polar surface area (TPSA) is 64.4 Å². The zero-order valence-corrected chi connectivity index (χ0v) is 15.5. The molecule has 1 N–H and O–H groups in total. The van der Waals surface area contributed by atoms with Gasteiger partial charge in [-0.2, -0.15) is 0 Å². The summed E-state index contributed by atoms with van der Waals surface area (Å²) < 4.78 is 24.0. The molecular weight excluding hydrogens is 347 g/mol.